The fraction of sp³-hybridized carbons (Fsp3) is 0.214. The number of aromatic nitrogens is 1. The first kappa shape index (κ1) is 12.9. The van der Waals surface area contributed by atoms with Gasteiger partial charge in [0.2, 0.25) is 5.88 Å². The Kier molecular flexibility index (Phi) is 3.84. The molecule has 3 nitrogen and oxygen atoms in total. The lowest BCUT2D eigenvalue weighted by Crippen LogP contribution is -1.94. The third-order valence-electron chi connectivity index (χ3n) is 2.64. The van der Waals surface area contributed by atoms with Gasteiger partial charge in [0.1, 0.15) is 5.75 Å². The summed E-state index contributed by atoms with van der Waals surface area (Å²) in [7, 11) is 0. The van der Waals surface area contributed by atoms with E-state index in [1.165, 1.54) is 6.20 Å². The number of aliphatic hydroxyl groups excluding tert-OH is 1. The van der Waals surface area contributed by atoms with Gasteiger partial charge >= 0.3 is 0 Å². The molecule has 0 spiro atoms. The Morgan fingerprint density at radius 1 is 1.28 bits per heavy atom. The predicted molar refractivity (Wildman–Crippen MR) is 71.2 cm³/mol. The lowest BCUT2D eigenvalue weighted by atomic mass is 10.1. The smallest absolute Gasteiger partial charge is 0.219 e. The van der Waals surface area contributed by atoms with Crippen LogP contribution in [0.25, 0.3) is 0 Å². The maximum absolute atomic E-state index is 9.14. The minimum Gasteiger partial charge on any atom is -0.439 e. The van der Waals surface area contributed by atoms with E-state index in [9.17, 15) is 0 Å². The van der Waals surface area contributed by atoms with Gasteiger partial charge < -0.3 is 9.84 Å². The van der Waals surface area contributed by atoms with Crippen molar-refractivity contribution in [2.75, 3.05) is 0 Å². The van der Waals surface area contributed by atoms with Crippen LogP contribution < -0.4 is 4.74 Å². The number of aliphatic hydroxyl groups is 1. The number of hydrogen-bond acceptors (Lipinski definition) is 3. The van der Waals surface area contributed by atoms with Gasteiger partial charge in [-0.05, 0) is 31.0 Å². The van der Waals surface area contributed by atoms with Crippen LogP contribution in [0.2, 0.25) is 5.02 Å². The van der Waals surface area contributed by atoms with Gasteiger partial charge in [-0.1, -0.05) is 23.7 Å². The summed E-state index contributed by atoms with van der Waals surface area (Å²) in [6, 6.07) is 7.61. The molecule has 2 rings (SSSR count). The van der Waals surface area contributed by atoms with Gasteiger partial charge in [0.05, 0.1) is 11.6 Å². The van der Waals surface area contributed by atoms with Crippen molar-refractivity contribution in [3.8, 4) is 11.6 Å². The van der Waals surface area contributed by atoms with Crippen molar-refractivity contribution >= 4 is 11.6 Å². The molecule has 0 saturated carbocycles. The van der Waals surface area contributed by atoms with E-state index >= 15 is 0 Å². The lowest BCUT2D eigenvalue weighted by Gasteiger charge is -2.10. The van der Waals surface area contributed by atoms with Gasteiger partial charge in [-0.25, -0.2) is 4.98 Å². The van der Waals surface area contributed by atoms with Crippen molar-refractivity contribution in [2.45, 2.75) is 20.5 Å². The second-order valence-corrected chi connectivity index (χ2v) is 4.55. The standard InChI is InChI=1S/C14H14ClNO2/c1-9-3-4-10(2)13(5-9)18-14-6-11(8-17)12(15)7-16-14/h3-7,17H,8H2,1-2H3. The molecule has 4 heteroatoms. The minimum atomic E-state index is -0.134. The van der Waals surface area contributed by atoms with Gasteiger partial charge in [-0.15, -0.1) is 0 Å². The molecule has 0 fully saturated rings. The molecule has 1 heterocycles. The number of pyridine rings is 1. The first-order chi connectivity index (χ1) is 8.60. The number of aryl methyl sites for hydroxylation is 2. The van der Waals surface area contributed by atoms with Gasteiger partial charge in [0.15, 0.2) is 0 Å². The lowest BCUT2D eigenvalue weighted by molar-refractivity contribution is 0.281. The summed E-state index contributed by atoms with van der Waals surface area (Å²) >= 11 is 5.88. The van der Waals surface area contributed by atoms with Gasteiger partial charge in [0, 0.05) is 17.8 Å². The normalized spacial score (nSPS) is 10.4. The molecule has 1 aromatic heterocycles. The first-order valence-electron chi connectivity index (χ1n) is 5.60. The number of halogens is 1. The largest absolute Gasteiger partial charge is 0.439 e. The highest BCUT2D eigenvalue weighted by molar-refractivity contribution is 6.31. The second-order valence-electron chi connectivity index (χ2n) is 4.14. The average molecular weight is 264 g/mol. The van der Waals surface area contributed by atoms with Crippen LogP contribution in [-0.2, 0) is 6.61 Å². The zero-order valence-corrected chi connectivity index (χ0v) is 11.0. The summed E-state index contributed by atoms with van der Waals surface area (Å²) in [6.07, 6.45) is 1.48. The molecule has 0 bridgehead atoms. The quantitative estimate of drug-likeness (QED) is 0.919. The summed E-state index contributed by atoms with van der Waals surface area (Å²) in [5, 5.41) is 9.58. The highest BCUT2D eigenvalue weighted by Crippen LogP contribution is 2.27. The Morgan fingerprint density at radius 3 is 2.78 bits per heavy atom. The molecule has 2 aromatic rings. The van der Waals surface area contributed by atoms with Crippen molar-refractivity contribution in [3.05, 3.63) is 52.2 Å². The maximum atomic E-state index is 9.14. The Balaban J connectivity index is 2.31. The fourth-order valence-corrected chi connectivity index (χ4v) is 1.73. The SMILES string of the molecule is Cc1ccc(C)c(Oc2cc(CO)c(Cl)cn2)c1. The van der Waals surface area contributed by atoms with Crippen LogP contribution in [0.1, 0.15) is 16.7 Å². The van der Waals surface area contributed by atoms with Gasteiger partial charge in [0.25, 0.3) is 0 Å². The number of ether oxygens (including phenoxy) is 1. The second kappa shape index (κ2) is 5.38. The monoisotopic (exact) mass is 263 g/mol. The average Bonchev–Trinajstić information content (AvgIpc) is 2.36. The summed E-state index contributed by atoms with van der Waals surface area (Å²) < 4.78 is 5.71. The van der Waals surface area contributed by atoms with Crippen molar-refractivity contribution in [3.63, 3.8) is 0 Å². The topological polar surface area (TPSA) is 42.4 Å². The van der Waals surface area contributed by atoms with Crippen LogP contribution in [-0.4, -0.2) is 10.1 Å². The molecule has 0 radical (unpaired) electrons. The van der Waals surface area contributed by atoms with Gasteiger partial charge in [-0.3, -0.25) is 0 Å². The van der Waals surface area contributed by atoms with Crippen LogP contribution in [0, 0.1) is 13.8 Å². The first-order valence-corrected chi connectivity index (χ1v) is 5.98. The zero-order chi connectivity index (χ0) is 13.1. The van der Waals surface area contributed by atoms with E-state index in [4.69, 9.17) is 21.4 Å². The molecular weight excluding hydrogens is 250 g/mol. The molecule has 94 valence electrons. The van der Waals surface area contributed by atoms with E-state index in [0.717, 1.165) is 16.9 Å². The fourth-order valence-electron chi connectivity index (χ4n) is 1.57. The highest BCUT2D eigenvalue weighted by atomic mass is 35.5. The Bertz CT molecular complexity index is 570. The Hall–Kier alpha value is -1.58. The van der Waals surface area contributed by atoms with Crippen molar-refractivity contribution in [1.29, 1.82) is 0 Å². The zero-order valence-electron chi connectivity index (χ0n) is 10.3. The summed E-state index contributed by atoms with van der Waals surface area (Å²) in [6.45, 7) is 3.84. The van der Waals surface area contributed by atoms with Crippen LogP contribution >= 0.6 is 11.6 Å². The van der Waals surface area contributed by atoms with Gasteiger partial charge in [-0.2, -0.15) is 0 Å². The molecule has 0 saturated heterocycles. The predicted octanol–water partition coefficient (Wildman–Crippen LogP) is 3.64. The molecule has 0 aliphatic carbocycles. The van der Waals surface area contributed by atoms with Crippen LogP contribution in [0.3, 0.4) is 0 Å². The Morgan fingerprint density at radius 2 is 2.06 bits per heavy atom. The molecule has 0 aliphatic rings. The van der Waals surface area contributed by atoms with Crippen molar-refractivity contribution in [1.82, 2.24) is 4.98 Å². The van der Waals surface area contributed by atoms with Crippen molar-refractivity contribution < 1.29 is 9.84 Å². The van der Waals surface area contributed by atoms with E-state index in [0.29, 0.717) is 16.5 Å². The number of benzene rings is 1. The molecule has 1 N–H and O–H groups in total. The third kappa shape index (κ3) is 2.81. The minimum absolute atomic E-state index is 0.134. The highest BCUT2D eigenvalue weighted by Gasteiger charge is 2.06. The van der Waals surface area contributed by atoms with Crippen LogP contribution in [0.4, 0.5) is 0 Å². The van der Waals surface area contributed by atoms with Crippen LogP contribution in [0.5, 0.6) is 11.6 Å². The molecule has 1 aromatic carbocycles. The van der Waals surface area contributed by atoms with E-state index in [2.05, 4.69) is 4.98 Å². The molecule has 18 heavy (non-hydrogen) atoms. The molecule has 0 atom stereocenters. The molecule has 0 unspecified atom stereocenters. The summed E-state index contributed by atoms with van der Waals surface area (Å²) in [4.78, 5) is 4.09. The summed E-state index contributed by atoms with van der Waals surface area (Å²) in [5.74, 6) is 1.19. The number of nitrogens with zero attached hydrogens (tertiary/aromatic N) is 1. The molecule has 0 amide bonds. The van der Waals surface area contributed by atoms with E-state index in [1.54, 1.807) is 6.07 Å². The molecular formula is C14H14ClNO2. The summed E-state index contributed by atoms with van der Waals surface area (Å²) in [5.41, 5.74) is 2.75. The maximum Gasteiger partial charge on any atom is 0.219 e. The number of hydrogen-bond donors (Lipinski definition) is 1. The third-order valence-corrected chi connectivity index (χ3v) is 2.98. The Labute approximate surface area is 111 Å². The van der Waals surface area contributed by atoms with Crippen molar-refractivity contribution in [2.24, 2.45) is 0 Å². The number of rotatable bonds is 3. The van der Waals surface area contributed by atoms with E-state index in [1.807, 2.05) is 32.0 Å². The van der Waals surface area contributed by atoms with E-state index in [-0.39, 0.29) is 6.61 Å². The van der Waals surface area contributed by atoms with Crippen LogP contribution in [0.15, 0.2) is 30.5 Å². The molecule has 0 aliphatic heterocycles. The van der Waals surface area contributed by atoms with E-state index < -0.39 is 0 Å².